The molecule has 0 unspecified atom stereocenters. The van der Waals surface area contributed by atoms with Crippen molar-refractivity contribution in [2.75, 3.05) is 19.9 Å². The normalized spacial score (nSPS) is 11.6. The number of nitrogens with two attached hydrogens (primary N) is 1. The molecule has 0 aliphatic heterocycles. The maximum Gasteiger partial charge on any atom is 0.281 e. The molecule has 0 bridgehead atoms. The zero-order chi connectivity index (χ0) is 15.7. The van der Waals surface area contributed by atoms with Crippen LogP contribution < -0.4 is 5.73 Å². The Kier molecular flexibility index (Phi) is 8.15. The summed E-state index contributed by atoms with van der Waals surface area (Å²) in [6.07, 6.45) is 2.58. The topological polar surface area (TPSA) is 81.3 Å². The fourth-order valence-corrected chi connectivity index (χ4v) is 1.01. The average Bonchev–Trinajstić information content (AvgIpc) is 3.25. The molecule has 0 saturated heterocycles. The van der Waals surface area contributed by atoms with E-state index in [2.05, 4.69) is 16.8 Å². The van der Waals surface area contributed by atoms with E-state index in [-0.39, 0.29) is 11.7 Å². The lowest BCUT2D eigenvalue weighted by molar-refractivity contribution is -0.0756. The second kappa shape index (κ2) is 9.03. The summed E-state index contributed by atoms with van der Waals surface area (Å²) in [6, 6.07) is 1.57. The monoisotopic (exact) mass is 280 g/mol. The molecule has 20 heavy (non-hydrogen) atoms. The van der Waals surface area contributed by atoms with Crippen LogP contribution in [0.4, 0.5) is 5.82 Å². The smallest absolute Gasteiger partial charge is 0.281 e. The summed E-state index contributed by atoms with van der Waals surface area (Å²) >= 11 is 0. The first-order chi connectivity index (χ1) is 9.45. The molecule has 0 aromatic carbocycles. The third kappa shape index (κ3) is 6.29. The van der Waals surface area contributed by atoms with Gasteiger partial charge >= 0.3 is 0 Å². The Hall–Kier alpha value is -1.95. The largest absolute Gasteiger partial charge is 0.382 e. The predicted molar refractivity (Wildman–Crippen MR) is 80.0 cm³/mol. The van der Waals surface area contributed by atoms with Gasteiger partial charge in [0.25, 0.3) is 5.91 Å². The van der Waals surface area contributed by atoms with Crippen LogP contribution in [0.15, 0.2) is 18.2 Å². The molecule has 1 aliphatic rings. The van der Waals surface area contributed by atoms with Crippen molar-refractivity contribution in [3.05, 3.63) is 29.5 Å². The lowest BCUT2D eigenvalue weighted by Gasteiger charge is -2.14. The second-order valence-corrected chi connectivity index (χ2v) is 4.02. The van der Waals surface area contributed by atoms with Gasteiger partial charge in [0.1, 0.15) is 0 Å². The fraction of sp³-hybridized carbons (Fsp3) is 0.500. The summed E-state index contributed by atoms with van der Waals surface area (Å²) < 4.78 is 0. The molecule has 0 atom stereocenters. The average molecular weight is 280 g/mol. The highest BCUT2D eigenvalue weighted by Crippen LogP contribution is 2.23. The summed E-state index contributed by atoms with van der Waals surface area (Å²) in [4.78, 5) is 16.3. The first kappa shape index (κ1) is 18.0. The fourth-order valence-electron chi connectivity index (χ4n) is 1.01. The van der Waals surface area contributed by atoms with Gasteiger partial charge in [-0.25, -0.2) is 5.06 Å². The molecule has 1 saturated carbocycles. The Bertz CT molecular complexity index is 454. The van der Waals surface area contributed by atoms with E-state index in [1.54, 1.807) is 13.0 Å². The molecule has 1 fully saturated rings. The van der Waals surface area contributed by atoms with Gasteiger partial charge in [0.15, 0.2) is 5.82 Å². The standard InChI is InChI=1S/C8H12N4O2.C4H6.C2H6/c1-5-4-6(7(9)11-10-5)8(13)12(2)14-3;1-4-2-3-4;1-2/h4H,1-3H3,(H2,9,11);1-3H2;1-2H3. The Morgan fingerprint density at radius 2 is 1.90 bits per heavy atom. The minimum atomic E-state index is -0.344. The van der Waals surface area contributed by atoms with Crippen molar-refractivity contribution in [1.82, 2.24) is 15.3 Å². The number of aromatic nitrogens is 2. The molecular formula is C14H24N4O2. The van der Waals surface area contributed by atoms with Gasteiger partial charge in [0.05, 0.1) is 18.4 Å². The van der Waals surface area contributed by atoms with Crippen molar-refractivity contribution in [2.24, 2.45) is 0 Å². The van der Waals surface area contributed by atoms with Gasteiger partial charge in [-0.1, -0.05) is 26.0 Å². The van der Waals surface area contributed by atoms with Crippen LogP contribution in [0.3, 0.4) is 0 Å². The van der Waals surface area contributed by atoms with Gasteiger partial charge in [-0.15, -0.1) is 5.10 Å². The predicted octanol–water partition coefficient (Wildman–Crippen LogP) is 2.36. The Balaban J connectivity index is 0.000000501. The van der Waals surface area contributed by atoms with Crippen LogP contribution in [0.5, 0.6) is 0 Å². The van der Waals surface area contributed by atoms with E-state index in [0.717, 1.165) is 5.06 Å². The van der Waals surface area contributed by atoms with Crippen LogP contribution in [0, 0.1) is 6.92 Å². The van der Waals surface area contributed by atoms with Crippen molar-refractivity contribution >= 4 is 11.7 Å². The number of allylic oxidation sites excluding steroid dienone is 1. The molecule has 112 valence electrons. The van der Waals surface area contributed by atoms with Gasteiger partial charge in [-0.3, -0.25) is 9.63 Å². The van der Waals surface area contributed by atoms with Crippen LogP contribution in [-0.2, 0) is 4.84 Å². The summed E-state index contributed by atoms with van der Waals surface area (Å²) in [5.41, 5.74) is 7.85. The lowest BCUT2D eigenvalue weighted by atomic mass is 10.2. The number of rotatable bonds is 2. The molecule has 2 N–H and O–H groups in total. The maximum absolute atomic E-state index is 11.6. The lowest BCUT2D eigenvalue weighted by Crippen LogP contribution is -2.26. The van der Waals surface area contributed by atoms with E-state index in [1.165, 1.54) is 32.6 Å². The van der Waals surface area contributed by atoms with E-state index in [0.29, 0.717) is 11.3 Å². The van der Waals surface area contributed by atoms with Crippen LogP contribution >= 0.6 is 0 Å². The van der Waals surface area contributed by atoms with Gasteiger partial charge in [0, 0.05) is 7.05 Å². The van der Waals surface area contributed by atoms with Crippen molar-refractivity contribution in [3.63, 3.8) is 0 Å². The highest BCUT2D eigenvalue weighted by atomic mass is 16.7. The Morgan fingerprint density at radius 3 is 2.30 bits per heavy atom. The summed E-state index contributed by atoms with van der Waals surface area (Å²) in [5, 5.41) is 8.44. The van der Waals surface area contributed by atoms with E-state index in [9.17, 15) is 4.79 Å². The van der Waals surface area contributed by atoms with Gasteiger partial charge in [-0.2, -0.15) is 5.10 Å². The third-order valence-electron chi connectivity index (χ3n) is 2.34. The van der Waals surface area contributed by atoms with Crippen molar-refractivity contribution in [1.29, 1.82) is 0 Å². The SMILES string of the molecule is C=C1CC1.CC.CON(C)C(=O)c1cc(C)nnc1N. The van der Waals surface area contributed by atoms with Gasteiger partial charge < -0.3 is 5.73 Å². The molecule has 1 heterocycles. The molecule has 6 nitrogen and oxygen atoms in total. The Morgan fingerprint density at radius 1 is 1.40 bits per heavy atom. The van der Waals surface area contributed by atoms with Crippen LogP contribution in [0.1, 0.15) is 42.7 Å². The summed E-state index contributed by atoms with van der Waals surface area (Å²) in [5.74, 6) is -0.243. The van der Waals surface area contributed by atoms with E-state index >= 15 is 0 Å². The molecule has 2 rings (SSSR count). The number of nitrogen functional groups attached to an aromatic ring is 1. The molecule has 1 aromatic rings. The molecule has 1 aliphatic carbocycles. The number of amides is 1. The number of carbonyl (C=O) groups excluding carboxylic acids is 1. The van der Waals surface area contributed by atoms with Crippen LogP contribution in [-0.4, -0.2) is 35.3 Å². The van der Waals surface area contributed by atoms with Crippen molar-refractivity contribution in [3.8, 4) is 0 Å². The second-order valence-electron chi connectivity index (χ2n) is 4.02. The highest BCUT2D eigenvalue weighted by molar-refractivity contribution is 5.97. The zero-order valence-corrected chi connectivity index (χ0v) is 12.9. The number of anilines is 1. The molecule has 1 amide bonds. The quantitative estimate of drug-likeness (QED) is 0.664. The van der Waals surface area contributed by atoms with Crippen molar-refractivity contribution in [2.45, 2.75) is 33.6 Å². The first-order valence-electron chi connectivity index (χ1n) is 6.54. The Labute approximate surface area is 120 Å². The number of hydrogen-bond donors (Lipinski definition) is 1. The van der Waals surface area contributed by atoms with E-state index in [4.69, 9.17) is 10.6 Å². The molecule has 1 aromatic heterocycles. The third-order valence-corrected chi connectivity index (χ3v) is 2.34. The van der Waals surface area contributed by atoms with Crippen LogP contribution in [0.2, 0.25) is 0 Å². The first-order valence-corrected chi connectivity index (χ1v) is 6.54. The minimum Gasteiger partial charge on any atom is -0.382 e. The number of carbonyl (C=O) groups is 1. The number of aryl methyl sites for hydroxylation is 1. The summed E-state index contributed by atoms with van der Waals surface area (Å²) in [6.45, 7) is 9.40. The highest BCUT2D eigenvalue weighted by Gasteiger charge is 2.15. The number of hydroxylamine groups is 2. The van der Waals surface area contributed by atoms with Gasteiger partial charge in [0.2, 0.25) is 0 Å². The maximum atomic E-state index is 11.6. The van der Waals surface area contributed by atoms with E-state index < -0.39 is 0 Å². The summed E-state index contributed by atoms with van der Waals surface area (Å²) in [7, 11) is 2.90. The van der Waals surface area contributed by atoms with E-state index in [1.807, 2.05) is 13.8 Å². The molecule has 0 spiro atoms. The molecular weight excluding hydrogens is 256 g/mol. The van der Waals surface area contributed by atoms with Crippen molar-refractivity contribution < 1.29 is 9.63 Å². The zero-order valence-electron chi connectivity index (χ0n) is 12.9. The van der Waals surface area contributed by atoms with Gasteiger partial charge in [-0.05, 0) is 25.8 Å². The minimum absolute atomic E-state index is 0.101. The molecule has 0 radical (unpaired) electrons. The van der Waals surface area contributed by atoms with Crippen LogP contribution in [0.25, 0.3) is 0 Å². The number of nitrogens with zero attached hydrogens (tertiary/aromatic N) is 3. The number of hydrogen-bond acceptors (Lipinski definition) is 5. The molecule has 6 heteroatoms.